The van der Waals surface area contributed by atoms with E-state index >= 15 is 0 Å². The Morgan fingerprint density at radius 2 is 2.55 bits per heavy atom. The summed E-state index contributed by atoms with van der Waals surface area (Å²) >= 11 is 5.26. The van der Waals surface area contributed by atoms with Crippen LogP contribution in [0.3, 0.4) is 0 Å². The van der Waals surface area contributed by atoms with Gasteiger partial charge in [-0.05, 0) is 23.7 Å². The number of carbonyl (C=O) groups excluding carboxylic acids is 1. The highest BCUT2D eigenvalue weighted by Gasteiger charge is 2.11. The molecule has 2 nitrogen and oxygen atoms in total. The highest BCUT2D eigenvalue weighted by Crippen LogP contribution is 2.10. The molecule has 0 aliphatic carbocycles. The lowest BCUT2D eigenvalue weighted by molar-refractivity contribution is -0.114. The van der Waals surface area contributed by atoms with Crippen molar-refractivity contribution in [3.05, 3.63) is 24.2 Å². The predicted octanol–water partition coefficient (Wildman–Crippen LogP) is 2.22. The van der Waals surface area contributed by atoms with Crippen LogP contribution in [0, 0.1) is 5.92 Å². The van der Waals surface area contributed by atoms with E-state index in [-0.39, 0.29) is 11.2 Å². The van der Waals surface area contributed by atoms with Crippen molar-refractivity contribution in [3.8, 4) is 0 Å². The van der Waals surface area contributed by atoms with Gasteiger partial charge in [0, 0.05) is 12.3 Å². The zero-order chi connectivity index (χ0) is 8.27. The van der Waals surface area contributed by atoms with Crippen LogP contribution >= 0.6 is 11.6 Å². The van der Waals surface area contributed by atoms with Gasteiger partial charge in [-0.3, -0.25) is 4.79 Å². The standard InChI is InChI=1S/C8H9ClO2/c1-6(8(9)10)5-7-3-2-4-11-7/h2-4,6H,5H2,1H3. The predicted molar refractivity (Wildman–Crippen MR) is 42.4 cm³/mol. The molecule has 0 spiro atoms. The van der Waals surface area contributed by atoms with Gasteiger partial charge in [0.1, 0.15) is 5.76 Å². The molecule has 60 valence electrons. The maximum Gasteiger partial charge on any atom is 0.224 e. The fourth-order valence-corrected chi connectivity index (χ4v) is 0.888. The Kier molecular flexibility index (Phi) is 2.71. The highest BCUT2D eigenvalue weighted by molar-refractivity contribution is 6.63. The molecule has 0 bridgehead atoms. The van der Waals surface area contributed by atoms with Crippen LogP contribution in [-0.2, 0) is 11.2 Å². The number of carbonyl (C=O) groups is 1. The molecule has 0 amide bonds. The average Bonchev–Trinajstić information content (AvgIpc) is 2.39. The smallest absolute Gasteiger partial charge is 0.224 e. The molecule has 1 aromatic rings. The largest absolute Gasteiger partial charge is 0.469 e. The highest BCUT2D eigenvalue weighted by atomic mass is 35.5. The SMILES string of the molecule is CC(Cc1ccco1)C(=O)Cl. The first-order chi connectivity index (χ1) is 5.20. The third kappa shape index (κ3) is 2.39. The van der Waals surface area contributed by atoms with Crippen LogP contribution in [0.25, 0.3) is 0 Å². The van der Waals surface area contributed by atoms with E-state index in [1.165, 1.54) is 0 Å². The lowest BCUT2D eigenvalue weighted by atomic mass is 10.1. The second kappa shape index (κ2) is 3.58. The quantitative estimate of drug-likeness (QED) is 0.655. The van der Waals surface area contributed by atoms with Crippen LogP contribution in [0.1, 0.15) is 12.7 Å². The Bertz CT molecular complexity index is 228. The number of hydrogen-bond acceptors (Lipinski definition) is 2. The lowest BCUT2D eigenvalue weighted by Crippen LogP contribution is -2.06. The van der Waals surface area contributed by atoms with Gasteiger partial charge in [0.05, 0.1) is 6.26 Å². The van der Waals surface area contributed by atoms with Gasteiger partial charge in [0.15, 0.2) is 0 Å². The van der Waals surface area contributed by atoms with E-state index in [1.54, 1.807) is 19.3 Å². The van der Waals surface area contributed by atoms with E-state index in [2.05, 4.69) is 0 Å². The van der Waals surface area contributed by atoms with E-state index in [1.807, 2.05) is 6.07 Å². The fraction of sp³-hybridized carbons (Fsp3) is 0.375. The summed E-state index contributed by atoms with van der Waals surface area (Å²) in [6.45, 7) is 1.78. The monoisotopic (exact) mass is 172 g/mol. The van der Waals surface area contributed by atoms with Gasteiger partial charge >= 0.3 is 0 Å². The summed E-state index contributed by atoms with van der Waals surface area (Å²) in [6, 6.07) is 3.62. The zero-order valence-electron chi connectivity index (χ0n) is 6.21. The summed E-state index contributed by atoms with van der Waals surface area (Å²) in [5.41, 5.74) is 0. The summed E-state index contributed by atoms with van der Waals surface area (Å²) in [7, 11) is 0. The molecule has 1 heterocycles. The molecular weight excluding hydrogens is 164 g/mol. The van der Waals surface area contributed by atoms with Crippen LogP contribution in [-0.4, -0.2) is 5.24 Å². The molecule has 0 aromatic carbocycles. The summed E-state index contributed by atoms with van der Waals surface area (Å²) in [5.74, 6) is 0.634. The molecule has 1 unspecified atom stereocenters. The normalized spacial score (nSPS) is 12.9. The minimum absolute atomic E-state index is 0.164. The van der Waals surface area contributed by atoms with E-state index in [0.29, 0.717) is 6.42 Å². The molecule has 0 saturated carbocycles. The first-order valence-electron chi connectivity index (χ1n) is 3.42. The third-order valence-electron chi connectivity index (χ3n) is 1.47. The van der Waals surface area contributed by atoms with Crippen molar-refractivity contribution in [1.29, 1.82) is 0 Å². The molecule has 0 fully saturated rings. The average molecular weight is 173 g/mol. The van der Waals surface area contributed by atoms with Gasteiger partial charge in [-0.2, -0.15) is 0 Å². The number of halogens is 1. The van der Waals surface area contributed by atoms with E-state index in [4.69, 9.17) is 16.0 Å². The molecule has 1 rings (SSSR count). The van der Waals surface area contributed by atoms with Crippen molar-refractivity contribution < 1.29 is 9.21 Å². The van der Waals surface area contributed by atoms with Crippen molar-refractivity contribution in [2.45, 2.75) is 13.3 Å². The summed E-state index contributed by atoms with van der Waals surface area (Å²) in [4.78, 5) is 10.6. The van der Waals surface area contributed by atoms with Crippen LogP contribution in [0.2, 0.25) is 0 Å². The van der Waals surface area contributed by atoms with Crippen LogP contribution in [0.4, 0.5) is 0 Å². The van der Waals surface area contributed by atoms with Gasteiger partial charge < -0.3 is 4.42 Å². The Morgan fingerprint density at radius 3 is 3.00 bits per heavy atom. The third-order valence-corrected chi connectivity index (χ3v) is 1.85. The van der Waals surface area contributed by atoms with Crippen LogP contribution in [0.15, 0.2) is 22.8 Å². The summed E-state index contributed by atoms with van der Waals surface area (Å²) < 4.78 is 5.04. The molecule has 0 saturated heterocycles. The molecule has 0 radical (unpaired) electrons. The number of hydrogen-bond donors (Lipinski definition) is 0. The molecule has 0 N–H and O–H groups in total. The first-order valence-corrected chi connectivity index (χ1v) is 3.79. The lowest BCUT2D eigenvalue weighted by Gasteiger charge is -2.01. The Labute approximate surface area is 70.2 Å². The van der Waals surface area contributed by atoms with Crippen LogP contribution in [0.5, 0.6) is 0 Å². The van der Waals surface area contributed by atoms with Gasteiger partial charge in [-0.1, -0.05) is 6.92 Å². The molecule has 1 aromatic heterocycles. The zero-order valence-corrected chi connectivity index (χ0v) is 6.97. The molecule has 11 heavy (non-hydrogen) atoms. The van der Waals surface area contributed by atoms with Crippen molar-refractivity contribution >= 4 is 16.8 Å². The van der Waals surface area contributed by atoms with Crippen molar-refractivity contribution in [2.75, 3.05) is 0 Å². The van der Waals surface area contributed by atoms with Crippen molar-refractivity contribution in [3.63, 3.8) is 0 Å². The van der Waals surface area contributed by atoms with Gasteiger partial charge in [0.25, 0.3) is 0 Å². The topological polar surface area (TPSA) is 30.2 Å². The summed E-state index contributed by atoms with van der Waals surface area (Å²) in [6.07, 6.45) is 2.16. The van der Waals surface area contributed by atoms with E-state index in [0.717, 1.165) is 5.76 Å². The number of furan rings is 1. The van der Waals surface area contributed by atoms with E-state index in [9.17, 15) is 4.79 Å². The maximum atomic E-state index is 10.6. The second-order valence-corrected chi connectivity index (χ2v) is 2.86. The van der Waals surface area contributed by atoms with Gasteiger partial charge in [-0.25, -0.2) is 0 Å². The summed E-state index contributed by atoms with van der Waals surface area (Å²) in [5, 5.41) is -0.318. The van der Waals surface area contributed by atoms with Gasteiger partial charge in [0.2, 0.25) is 5.24 Å². The number of rotatable bonds is 3. The Balaban J connectivity index is 2.50. The van der Waals surface area contributed by atoms with Crippen LogP contribution < -0.4 is 0 Å². The molecule has 0 aliphatic heterocycles. The Morgan fingerprint density at radius 1 is 1.82 bits per heavy atom. The van der Waals surface area contributed by atoms with Crippen molar-refractivity contribution in [1.82, 2.24) is 0 Å². The minimum atomic E-state index is -0.318. The van der Waals surface area contributed by atoms with Gasteiger partial charge in [-0.15, -0.1) is 0 Å². The second-order valence-electron chi connectivity index (χ2n) is 2.49. The fourth-order valence-electron chi connectivity index (χ4n) is 0.811. The molecular formula is C8H9ClO2. The van der Waals surface area contributed by atoms with E-state index < -0.39 is 0 Å². The first kappa shape index (κ1) is 8.34. The maximum absolute atomic E-state index is 10.6. The molecule has 1 atom stereocenters. The van der Waals surface area contributed by atoms with Crippen molar-refractivity contribution in [2.24, 2.45) is 5.92 Å². The molecule has 0 aliphatic rings. The minimum Gasteiger partial charge on any atom is -0.469 e. The Hall–Kier alpha value is -0.760. The molecule has 3 heteroatoms.